The van der Waals surface area contributed by atoms with Gasteiger partial charge in [0.15, 0.2) is 0 Å². The largest absolute Gasteiger partial charge is 0.437 e. The molecule has 1 aromatic carbocycles. The summed E-state index contributed by atoms with van der Waals surface area (Å²) in [6.07, 6.45) is 3.40. The van der Waals surface area contributed by atoms with Gasteiger partial charge in [0.2, 0.25) is 5.88 Å². The van der Waals surface area contributed by atoms with Gasteiger partial charge >= 0.3 is 0 Å². The lowest BCUT2D eigenvalue weighted by atomic mass is 10.1. The Bertz CT molecular complexity index is 713. The van der Waals surface area contributed by atoms with E-state index in [-0.39, 0.29) is 0 Å². The van der Waals surface area contributed by atoms with Crippen LogP contribution in [0.15, 0.2) is 54.9 Å². The molecule has 0 spiro atoms. The molecule has 3 rings (SSSR count). The molecule has 0 aliphatic rings. The van der Waals surface area contributed by atoms with E-state index in [0.717, 1.165) is 16.5 Å². The quantitative estimate of drug-likeness (QED) is 0.787. The van der Waals surface area contributed by atoms with Crippen molar-refractivity contribution in [1.82, 2.24) is 15.3 Å². The summed E-state index contributed by atoms with van der Waals surface area (Å²) >= 11 is 0. The highest BCUT2D eigenvalue weighted by atomic mass is 16.5. The van der Waals surface area contributed by atoms with Crippen LogP contribution < -0.4 is 10.1 Å². The molecule has 0 radical (unpaired) electrons. The summed E-state index contributed by atoms with van der Waals surface area (Å²) < 4.78 is 5.86. The van der Waals surface area contributed by atoms with Crippen LogP contribution in [0.2, 0.25) is 0 Å². The first-order valence-electron chi connectivity index (χ1n) is 6.48. The molecule has 2 aromatic heterocycles. The summed E-state index contributed by atoms with van der Waals surface area (Å²) in [6, 6.07) is 13.8. The van der Waals surface area contributed by atoms with Crippen LogP contribution >= 0.6 is 0 Å². The number of fused-ring (bicyclic) bond motifs is 1. The fourth-order valence-corrected chi connectivity index (χ4v) is 2.07. The van der Waals surface area contributed by atoms with Gasteiger partial charge in [-0.1, -0.05) is 18.2 Å². The van der Waals surface area contributed by atoms with Crippen molar-refractivity contribution in [3.63, 3.8) is 0 Å². The van der Waals surface area contributed by atoms with Crippen LogP contribution in [0, 0.1) is 0 Å². The zero-order valence-electron chi connectivity index (χ0n) is 11.2. The normalized spacial score (nSPS) is 10.7. The van der Waals surface area contributed by atoms with Crippen LogP contribution in [0.1, 0.15) is 5.56 Å². The molecule has 0 saturated carbocycles. The second kappa shape index (κ2) is 5.67. The number of aromatic nitrogens is 2. The zero-order chi connectivity index (χ0) is 13.8. The lowest BCUT2D eigenvalue weighted by molar-refractivity contribution is 0.454. The zero-order valence-corrected chi connectivity index (χ0v) is 11.2. The lowest BCUT2D eigenvalue weighted by Gasteiger charge is -2.11. The minimum absolute atomic E-state index is 0.617. The fourth-order valence-electron chi connectivity index (χ4n) is 2.07. The van der Waals surface area contributed by atoms with Gasteiger partial charge in [0.1, 0.15) is 5.75 Å². The van der Waals surface area contributed by atoms with Crippen molar-refractivity contribution in [3.8, 4) is 11.6 Å². The topological polar surface area (TPSA) is 47.0 Å². The van der Waals surface area contributed by atoms with E-state index in [0.29, 0.717) is 18.2 Å². The first-order chi connectivity index (χ1) is 9.86. The molecule has 100 valence electrons. The fraction of sp³-hybridized carbons (Fsp3) is 0.125. The van der Waals surface area contributed by atoms with Gasteiger partial charge in [0.05, 0.1) is 11.7 Å². The van der Waals surface area contributed by atoms with Crippen molar-refractivity contribution in [2.24, 2.45) is 0 Å². The molecule has 0 aliphatic carbocycles. The summed E-state index contributed by atoms with van der Waals surface area (Å²) in [6.45, 7) is 0.702. The van der Waals surface area contributed by atoms with Crippen LogP contribution in [-0.4, -0.2) is 17.0 Å². The molecule has 0 bridgehead atoms. The third-order valence-corrected chi connectivity index (χ3v) is 2.98. The maximum atomic E-state index is 5.86. The van der Waals surface area contributed by atoms with E-state index in [1.807, 2.05) is 37.4 Å². The Morgan fingerprint density at radius 2 is 2.05 bits per heavy atom. The van der Waals surface area contributed by atoms with E-state index >= 15 is 0 Å². The minimum atomic E-state index is 0.617. The summed E-state index contributed by atoms with van der Waals surface area (Å²) in [7, 11) is 1.91. The number of benzene rings is 1. The van der Waals surface area contributed by atoms with E-state index in [4.69, 9.17) is 4.74 Å². The van der Waals surface area contributed by atoms with E-state index in [9.17, 15) is 0 Å². The van der Waals surface area contributed by atoms with Gasteiger partial charge in [-0.3, -0.25) is 4.98 Å². The molecule has 3 aromatic rings. The average molecular weight is 265 g/mol. The molecule has 20 heavy (non-hydrogen) atoms. The van der Waals surface area contributed by atoms with Crippen molar-refractivity contribution < 1.29 is 4.74 Å². The molecule has 4 heteroatoms. The number of rotatable bonds is 4. The monoisotopic (exact) mass is 265 g/mol. The Labute approximate surface area is 117 Å². The van der Waals surface area contributed by atoms with Crippen molar-refractivity contribution in [2.45, 2.75) is 6.54 Å². The Kier molecular flexibility index (Phi) is 3.56. The van der Waals surface area contributed by atoms with Gasteiger partial charge in [-0.25, -0.2) is 4.98 Å². The first-order valence-corrected chi connectivity index (χ1v) is 6.48. The molecule has 4 nitrogen and oxygen atoms in total. The SMILES string of the molecule is CNCc1cc2ccccc2nc1Oc1cccnc1. The van der Waals surface area contributed by atoms with E-state index < -0.39 is 0 Å². The molecule has 0 fully saturated rings. The van der Waals surface area contributed by atoms with Crippen molar-refractivity contribution >= 4 is 10.9 Å². The predicted octanol–water partition coefficient (Wildman–Crippen LogP) is 3.14. The highest BCUT2D eigenvalue weighted by Gasteiger charge is 2.08. The molecule has 0 amide bonds. The second-order valence-corrected chi connectivity index (χ2v) is 4.47. The number of hydrogen-bond donors (Lipinski definition) is 1. The smallest absolute Gasteiger partial charge is 0.224 e. The average Bonchev–Trinajstić information content (AvgIpc) is 2.49. The van der Waals surface area contributed by atoms with Crippen LogP contribution in [-0.2, 0) is 6.54 Å². The van der Waals surface area contributed by atoms with Gasteiger partial charge in [0.25, 0.3) is 0 Å². The number of hydrogen-bond acceptors (Lipinski definition) is 4. The van der Waals surface area contributed by atoms with Gasteiger partial charge in [-0.05, 0) is 31.3 Å². The molecule has 0 aliphatic heterocycles. The van der Waals surface area contributed by atoms with Crippen molar-refractivity contribution in [2.75, 3.05) is 7.05 Å². The van der Waals surface area contributed by atoms with Crippen molar-refractivity contribution in [3.05, 3.63) is 60.4 Å². The van der Waals surface area contributed by atoms with Gasteiger partial charge in [-0.2, -0.15) is 0 Å². The molecular formula is C16H15N3O. The summed E-state index contributed by atoms with van der Waals surface area (Å²) in [5, 5.41) is 4.25. The maximum Gasteiger partial charge on any atom is 0.224 e. The lowest BCUT2D eigenvalue weighted by Crippen LogP contribution is -2.07. The Morgan fingerprint density at radius 3 is 2.85 bits per heavy atom. The second-order valence-electron chi connectivity index (χ2n) is 4.47. The van der Waals surface area contributed by atoms with E-state index in [1.165, 1.54) is 0 Å². The van der Waals surface area contributed by atoms with E-state index in [1.54, 1.807) is 12.4 Å². The van der Waals surface area contributed by atoms with Gasteiger partial charge in [0, 0.05) is 23.7 Å². The van der Waals surface area contributed by atoms with Crippen LogP contribution in [0.5, 0.6) is 11.6 Å². The minimum Gasteiger partial charge on any atom is -0.437 e. The highest BCUT2D eigenvalue weighted by Crippen LogP contribution is 2.26. The number of ether oxygens (including phenoxy) is 1. The van der Waals surface area contributed by atoms with E-state index in [2.05, 4.69) is 27.4 Å². The van der Waals surface area contributed by atoms with Gasteiger partial charge < -0.3 is 10.1 Å². The Balaban J connectivity index is 2.05. The number of nitrogens with one attached hydrogen (secondary N) is 1. The summed E-state index contributed by atoms with van der Waals surface area (Å²) in [5.41, 5.74) is 1.95. The molecule has 1 N–H and O–H groups in total. The Hall–Kier alpha value is -2.46. The first kappa shape index (κ1) is 12.6. The highest BCUT2D eigenvalue weighted by molar-refractivity contribution is 5.80. The Morgan fingerprint density at radius 1 is 1.15 bits per heavy atom. The summed E-state index contributed by atoms with van der Waals surface area (Å²) in [4.78, 5) is 8.65. The maximum absolute atomic E-state index is 5.86. The summed E-state index contributed by atoms with van der Waals surface area (Å²) in [5.74, 6) is 1.30. The molecule has 2 heterocycles. The standard InChI is InChI=1S/C16H15N3O/c1-17-10-13-9-12-5-2-3-7-15(12)19-16(13)20-14-6-4-8-18-11-14/h2-9,11,17H,10H2,1H3. The third kappa shape index (κ3) is 2.60. The molecular weight excluding hydrogens is 250 g/mol. The molecule has 0 atom stereocenters. The van der Waals surface area contributed by atoms with Gasteiger partial charge in [-0.15, -0.1) is 0 Å². The molecule has 0 unspecified atom stereocenters. The molecule has 0 saturated heterocycles. The van der Waals surface area contributed by atoms with Crippen LogP contribution in [0.4, 0.5) is 0 Å². The number of para-hydroxylation sites is 1. The van der Waals surface area contributed by atoms with Crippen LogP contribution in [0.25, 0.3) is 10.9 Å². The number of nitrogens with zero attached hydrogens (tertiary/aromatic N) is 2. The predicted molar refractivity (Wildman–Crippen MR) is 78.8 cm³/mol. The number of pyridine rings is 2. The van der Waals surface area contributed by atoms with Crippen molar-refractivity contribution in [1.29, 1.82) is 0 Å². The van der Waals surface area contributed by atoms with Crippen LogP contribution in [0.3, 0.4) is 0 Å². The third-order valence-electron chi connectivity index (χ3n) is 2.98.